The van der Waals surface area contributed by atoms with E-state index >= 15 is 0 Å². The Morgan fingerprint density at radius 3 is 2.86 bits per heavy atom. The maximum Gasteiger partial charge on any atom is 0.346 e. The molecule has 0 radical (unpaired) electrons. The second-order valence-electron chi connectivity index (χ2n) is 4.30. The molecule has 0 aliphatic carbocycles. The van der Waals surface area contributed by atoms with Crippen LogP contribution in [0.1, 0.15) is 21.7 Å². The molecule has 21 heavy (non-hydrogen) atoms. The molecule has 0 saturated heterocycles. The van der Waals surface area contributed by atoms with E-state index in [0.717, 1.165) is 11.3 Å². The van der Waals surface area contributed by atoms with Gasteiger partial charge in [0.1, 0.15) is 9.09 Å². The standard InChI is InChI=1S/C11H14N4O4S2/c1-8-7-9(20-10(8)11(16)17)21(18,19)13-3-2-5-15-6-4-12-14-15/h4,6-7,13H,2-3,5H2,1H3,(H,16,17). The monoisotopic (exact) mass is 330 g/mol. The quantitative estimate of drug-likeness (QED) is 0.723. The van der Waals surface area contributed by atoms with Gasteiger partial charge in [-0.1, -0.05) is 5.21 Å². The summed E-state index contributed by atoms with van der Waals surface area (Å²) in [5.41, 5.74) is 0.440. The molecule has 0 saturated carbocycles. The molecule has 0 aliphatic heterocycles. The molecule has 2 rings (SSSR count). The topological polar surface area (TPSA) is 114 Å². The number of aromatic nitrogens is 3. The zero-order chi connectivity index (χ0) is 15.5. The minimum atomic E-state index is -3.68. The molecule has 2 N–H and O–H groups in total. The summed E-state index contributed by atoms with van der Waals surface area (Å²) in [5, 5.41) is 16.4. The Balaban J connectivity index is 1.95. The van der Waals surface area contributed by atoms with E-state index in [1.165, 1.54) is 6.07 Å². The largest absolute Gasteiger partial charge is 0.477 e. The van der Waals surface area contributed by atoms with Crippen LogP contribution in [0.4, 0.5) is 0 Å². The second-order valence-corrected chi connectivity index (χ2v) is 7.35. The van der Waals surface area contributed by atoms with Crippen molar-refractivity contribution < 1.29 is 18.3 Å². The maximum absolute atomic E-state index is 12.1. The first kappa shape index (κ1) is 15.6. The van der Waals surface area contributed by atoms with E-state index in [0.29, 0.717) is 18.5 Å². The van der Waals surface area contributed by atoms with Crippen LogP contribution in [0.2, 0.25) is 0 Å². The molecule has 0 aliphatic rings. The molecule has 0 aromatic carbocycles. The molecule has 2 heterocycles. The summed E-state index contributed by atoms with van der Waals surface area (Å²) in [6.45, 7) is 2.36. The lowest BCUT2D eigenvalue weighted by atomic mass is 10.3. The third-order valence-corrected chi connectivity index (χ3v) is 5.84. The number of carbonyl (C=O) groups is 1. The van der Waals surface area contributed by atoms with Crippen LogP contribution >= 0.6 is 11.3 Å². The molecule has 0 fully saturated rings. The number of nitrogens with zero attached hydrogens (tertiary/aromatic N) is 3. The average Bonchev–Trinajstić information content (AvgIpc) is 3.04. The number of hydrogen-bond acceptors (Lipinski definition) is 6. The van der Waals surface area contributed by atoms with Gasteiger partial charge in [0.25, 0.3) is 0 Å². The molecule has 10 heteroatoms. The van der Waals surface area contributed by atoms with Crippen LogP contribution in [-0.4, -0.2) is 41.0 Å². The lowest BCUT2D eigenvalue weighted by Crippen LogP contribution is -2.25. The predicted molar refractivity (Wildman–Crippen MR) is 75.8 cm³/mol. The van der Waals surface area contributed by atoms with Crippen molar-refractivity contribution in [3.8, 4) is 0 Å². The first-order valence-corrected chi connectivity index (χ1v) is 8.37. The number of carboxylic acid groups (broad SMARTS) is 1. The average molecular weight is 330 g/mol. The fraction of sp³-hybridized carbons (Fsp3) is 0.364. The van der Waals surface area contributed by atoms with Gasteiger partial charge in [-0.15, -0.1) is 16.4 Å². The van der Waals surface area contributed by atoms with E-state index in [-0.39, 0.29) is 15.6 Å². The van der Waals surface area contributed by atoms with Crippen molar-refractivity contribution in [1.29, 1.82) is 0 Å². The summed E-state index contributed by atoms with van der Waals surface area (Å²) >= 11 is 0.753. The van der Waals surface area contributed by atoms with Gasteiger partial charge in [-0.05, 0) is 25.0 Å². The number of aryl methyl sites for hydroxylation is 2. The molecular formula is C11H14N4O4S2. The minimum Gasteiger partial charge on any atom is -0.477 e. The highest BCUT2D eigenvalue weighted by Gasteiger charge is 2.21. The number of rotatable bonds is 7. The van der Waals surface area contributed by atoms with Gasteiger partial charge in [0, 0.05) is 19.3 Å². The van der Waals surface area contributed by atoms with E-state index in [2.05, 4.69) is 15.0 Å². The van der Waals surface area contributed by atoms with Crippen LogP contribution in [0.15, 0.2) is 22.7 Å². The van der Waals surface area contributed by atoms with Crippen molar-refractivity contribution in [3.05, 3.63) is 28.9 Å². The lowest BCUT2D eigenvalue weighted by molar-refractivity contribution is 0.0701. The Hall–Kier alpha value is -1.78. The van der Waals surface area contributed by atoms with Gasteiger partial charge in [0.15, 0.2) is 0 Å². The third-order valence-electron chi connectivity index (χ3n) is 2.68. The number of aromatic carboxylic acids is 1. The first-order chi connectivity index (χ1) is 9.90. The highest BCUT2D eigenvalue weighted by Crippen LogP contribution is 2.25. The van der Waals surface area contributed by atoms with Crippen molar-refractivity contribution in [2.24, 2.45) is 0 Å². The normalized spacial score (nSPS) is 11.7. The van der Waals surface area contributed by atoms with Crippen LogP contribution in [0, 0.1) is 6.92 Å². The fourth-order valence-electron chi connectivity index (χ4n) is 1.67. The Morgan fingerprint density at radius 2 is 2.29 bits per heavy atom. The van der Waals surface area contributed by atoms with Gasteiger partial charge >= 0.3 is 5.97 Å². The Bertz CT molecular complexity index is 721. The van der Waals surface area contributed by atoms with Crippen molar-refractivity contribution >= 4 is 27.3 Å². The van der Waals surface area contributed by atoms with Gasteiger partial charge < -0.3 is 5.11 Å². The molecule has 0 amide bonds. The molecule has 0 atom stereocenters. The smallest absolute Gasteiger partial charge is 0.346 e. The summed E-state index contributed by atoms with van der Waals surface area (Å²) in [6, 6.07) is 1.37. The van der Waals surface area contributed by atoms with Crippen molar-refractivity contribution in [2.45, 2.75) is 24.1 Å². The molecular weight excluding hydrogens is 316 g/mol. The molecule has 8 nitrogen and oxygen atoms in total. The number of sulfonamides is 1. The first-order valence-electron chi connectivity index (χ1n) is 6.07. The van der Waals surface area contributed by atoms with Gasteiger partial charge in [-0.3, -0.25) is 4.68 Å². The highest BCUT2D eigenvalue weighted by atomic mass is 32.2. The summed E-state index contributed by atoms with van der Waals surface area (Å²) in [4.78, 5) is 11.0. The van der Waals surface area contributed by atoms with Gasteiger partial charge in [0.05, 0.1) is 6.20 Å². The highest BCUT2D eigenvalue weighted by molar-refractivity contribution is 7.91. The van der Waals surface area contributed by atoms with Gasteiger partial charge in [0.2, 0.25) is 10.0 Å². The lowest BCUT2D eigenvalue weighted by Gasteiger charge is -2.04. The van der Waals surface area contributed by atoms with Crippen LogP contribution < -0.4 is 4.72 Å². The van der Waals surface area contributed by atoms with E-state index in [9.17, 15) is 13.2 Å². The Morgan fingerprint density at radius 1 is 1.52 bits per heavy atom. The summed E-state index contributed by atoms with van der Waals surface area (Å²) < 4.78 is 28.2. The summed E-state index contributed by atoms with van der Waals surface area (Å²) in [5.74, 6) is -1.12. The molecule has 0 unspecified atom stereocenters. The second kappa shape index (κ2) is 6.33. The molecule has 114 valence electrons. The SMILES string of the molecule is Cc1cc(S(=O)(=O)NCCCn2ccnn2)sc1C(=O)O. The number of nitrogens with one attached hydrogen (secondary N) is 1. The number of hydrogen-bond donors (Lipinski definition) is 2. The van der Waals surface area contributed by atoms with E-state index in [4.69, 9.17) is 5.11 Å². The van der Waals surface area contributed by atoms with Crippen LogP contribution in [0.25, 0.3) is 0 Å². The summed E-state index contributed by atoms with van der Waals surface area (Å²) in [7, 11) is -3.68. The predicted octanol–water partition coefficient (Wildman–Crippen LogP) is 0.715. The third kappa shape index (κ3) is 3.86. The minimum absolute atomic E-state index is 0.0122. The van der Waals surface area contributed by atoms with Crippen LogP contribution in [0.5, 0.6) is 0 Å². The molecule has 0 spiro atoms. The van der Waals surface area contributed by atoms with Crippen molar-refractivity contribution in [2.75, 3.05) is 6.54 Å². The van der Waals surface area contributed by atoms with Gasteiger partial charge in [-0.25, -0.2) is 17.9 Å². The number of carboxylic acids is 1. The van der Waals surface area contributed by atoms with E-state index < -0.39 is 16.0 Å². The Kier molecular flexibility index (Phi) is 4.70. The van der Waals surface area contributed by atoms with E-state index in [1.807, 2.05) is 0 Å². The number of thiophene rings is 1. The van der Waals surface area contributed by atoms with Crippen molar-refractivity contribution in [3.63, 3.8) is 0 Å². The fourth-order valence-corrected chi connectivity index (χ4v) is 4.17. The van der Waals surface area contributed by atoms with Crippen molar-refractivity contribution in [1.82, 2.24) is 19.7 Å². The maximum atomic E-state index is 12.1. The zero-order valence-electron chi connectivity index (χ0n) is 11.2. The molecule has 2 aromatic heterocycles. The molecule has 2 aromatic rings. The molecule has 0 bridgehead atoms. The summed E-state index contributed by atoms with van der Waals surface area (Å²) in [6.07, 6.45) is 3.79. The van der Waals surface area contributed by atoms with E-state index in [1.54, 1.807) is 24.0 Å². The zero-order valence-corrected chi connectivity index (χ0v) is 12.8. The van der Waals surface area contributed by atoms with Gasteiger partial charge in [-0.2, -0.15) is 0 Å². The van der Waals surface area contributed by atoms with Crippen LogP contribution in [0.3, 0.4) is 0 Å². The Labute approximate surface area is 125 Å². The van der Waals surface area contributed by atoms with Crippen LogP contribution in [-0.2, 0) is 16.6 Å².